The van der Waals surface area contributed by atoms with Gasteiger partial charge in [-0.25, -0.2) is 0 Å². The van der Waals surface area contributed by atoms with Crippen LogP contribution in [0.2, 0.25) is 0 Å². The zero-order valence-corrected chi connectivity index (χ0v) is 9.71. The molecule has 0 saturated carbocycles. The van der Waals surface area contributed by atoms with Crippen molar-refractivity contribution in [2.75, 3.05) is 11.9 Å². The zero-order valence-electron chi connectivity index (χ0n) is 9.71. The van der Waals surface area contributed by atoms with Crippen molar-refractivity contribution in [3.8, 4) is 0 Å². The number of para-hydroxylation sites is 1. The van der Waals surface area contributed by atoms with Gasteiger partial charge in [0.05, 0.1) is 12.6 Å². The Hall–Kier alpha value is -1.80. The summed E-state index contributed by atoms with van der Waals surface area (Å²) in [4.78, 5) is 0. The molecule has 2 rings (SSSR count). The number of benzene rings is 2. The Morgan fingerprint density at radius 2 is 1.47 bits per heavy atom. The number of aliphatic hydroxyl groups excluding tert-OH is 1. The molecule has 2 N–H and O–H groups in total. The zero-order chi connectivity index (χ0) is 11.9. The number of aliphatic hydroxyl groups is 1. The van der Waals surface area contributed by atoms with Gasteiger partial charge in [-0.1, -0.05) is 48.5 Å². The fourth-order valence-corrected chi connectivity index (χ4v) is 1.83. The van der Waals surface area contributed by atoms with Crippen LogP contribution in [-0.2, 0) is 6.42 Å². The quantitative estimate of drug-likeness (QED) is 0.823. The molecule has 17 heavy (non-hydrogen) atoms. The molecule has 0 aliphatic rings. The number of nitrogens with one attached hydrogen (secondary N) is 1. The first-order chi connectivity index (χ1) is 8.38. The summed E-state index contributed by atoms with van der Waals surface area (Å²) in [6, 6.07) is 20.2. The summed E-state index contributed by atoms with van der Waals surface area (Å²) in [7, 11) is 0. The molecule has 2 aromatic carbocycles. The third-order valence-corrected chi connectivity index (χ3v) is 2.69. The molecule has 2 aromatic rings. The van der Waals surface area contributed by atoms with Gasteiger partial charge in [0.25, 0.3) is 0 Å². The van der Waals surface area contributed by atoms with Crippen LogP contribution in [0.4, 0.5) is 5.69 Å². The maximum atomic E-state index is 9.39. The van der Waals surface area contributed by atoms with Crippen LogP contribution in [0.3, 0.4) is 0 Å². The number of rotatable bonds is 5. The third-order valence-electron chi connectivity index (χ3n) is 2.69. The SMILES string of the molecule is OC[C@H](Cc1ccccc1)Nc1ccccc1. The average Bonchev–Trinajstić information content (AvgIpc) is 2.40. The van der Waals surface area contributed by atoms with Crippen LogP contribution in [0.15, 0.2) is 60.7 Å². The van der Waals surface area contributed by atoms with Crippen molar-refractivity contribution in [3.05, 3.63) is 66.2 Å². The Kier molecular flexibility index (Phi) is 4.17. The molecule has 0 fully saturated rings. The molecular formula is C15H17NO. The molecule has 0 bridgehead atoms. The predicted octanol–water partition coefficient (Wildman–Crippen LogP) is 2.70. The molecule has 2 nitrogen and oxygen atoms in total. The van der Waals surface area contributed by atoms with Gasteiger partial charge in [0, 0.05) is 5.69 Å². The molecular weight excluding hydrogens is 210 g/mol. The second-order valence-corrected chi connectivity index (χ2v) is 4.08. The summed E-state index contributed by atoms with van der Waals surface area (Å²) in [6.45, 7) is 0.129. The molecule has 0 unspecified atom stereocenters. The standard InChI is InChI=1S/C15H17NO/c17-12-15(11-13-7-3-1-4-8-13)16-14-9-5-2-6-10-14/h1-10,15-17H,11-12H2/t15-/m0/s1. The Labute approximate surface area is 102 Å². The van der Waals surface area contributed by atoms with Crippen molar-refractivity contribution < 1.29 is 5.11 Å². The second kappa shape index (κ2) is 6.06. The van der Waals surface area contributed by atoms with E-state index < -0.39 is 0 Å². The van der Waals surface area contributed by atoms with Crippen LogP contribution in [0.5, 0.6) is 0 Å². The highest BCUT2D eigenvalue weighted by Crippen LogP contribution is 2.10. The highest BCUT2D eigenvalue weighted by Gasteiger charge is 2.07. The van der Waals surface area contributed by atoms with E-state index in [2.05, 4.69) is 17.4 Å². The number of hydrogen-bond acceptors (Lipinski definition) is 2. The van der Waals surface area contributed by atoms with Crippen molar-refractivity contribution >= 4 is 5.69 Å². The van der Waals surface area contributed by atoms with Gasteiger partial charge in [-0.05, 0) is 24.1 Å². The van der Waals surface area contributed by atoms with E-state index in [-0.39, 0.29) is 12.6 Å². The van der Waals surface area contributed by atoms with Crippen LogP contribution < -0.4 is 5.32 Å². The van der Waals surface area contributed by atoms with Gasteiger partial charge >= 0.3 is 0 Å². The van der Waals surface area contributed by atoms with Gasteiger partial charge in [-0.15, -0.1) is 0 Å². The molecule has 0 amide bonds. The molecule has 2 heteroatoms. The van der Waals surface area contributed by atoms with Gasteiger partial charge in [-0.2, -0.15) is 0 Å². The second-order valence-electron chi connectivity index (χ2n) is 4.08. The van der Waals surface area contributed by atoms with Crippen molar-refractivity contribution in [3.63, 3.8) is 0 Å². The van der Waals surface area contributed by atoms with Gasteiger partial charge in [0.1, 0.15) is 0 Å². The van der Waals surface area contributed by atoms with E-state index in [1.807, 2.05) is 48.5 Å². The lowest BCUT2D eigenvalue weighted by atomic mass is 10.1. The monoisotopic (exact) mass is 227 g/mol. The lowest BCUT2D eigenvalue weighted by molar-refractivity contribution is 0.273. The Morgan fingerprint density at radius 1 is 0.882 bits per heavy atom. The summed E-state index contributed by atoms with van der Waals surface area (Å²) in [6.07, 6.45) is 0.826. The largest absolute Gasteiger partial charge is 0.394 e. The van der Waals surface area contributed by atoms with Crippen LogP contribution in [0.1, 0.15) is 5.56 Å². The van der Waals surface area contributed by atoms with Gasteiger partial charge < -0.3 is 10.4 Å². The van der Waals surface area contributed by atoms with Crippen LogP contribution >= 0.6 is 0 Å². The van der Waals surface area contributed by atoms with E-state index in [4.69, 9.17) is 0 Å². The van der Waals surface area contributed by atoms with E-state index in [9.17, 15) is 5.11 Å². The van der Waals surface area contributed by atoms with Crippen molar-refractivity contribution in [1.29, 1.82) is 0 Å². The maximum absolute atomic E-state index is 9.39. The van der Waals surface area contributed by atoms with Gasteiger partial charge in [-0.3, -0.25) is 0 Å². The summed E-state index contributed by atoms with van der Waals surface area (Å²) in [5.41, 5.74) is 2.28. The summed E-state index contributed by atoms with van der Waals surface area (Å²) >= 11 is 0. The van der Waals surface area contributed by atoms with Crippen LogP contribution in [-0.4, -0.2) is 17.8 Å². The normalized spacial score (nSPS) is 12.1. The topological polar surface area (TPSA) is 32.3 Å². The fourth-order valence-electron chi connectivity index (χ4n) is 1.83. The molecule has 0 saturated heterocycles. The van der Waals surface area contributed by atoms with E-state index in [0.717, 1.165) is 12.1 Å². The Morgan fingerprint density at radius 3 is 2.06 bits per heavy atom. The molecule has 0 aliphatic heterocycles. The minimum Gasteiger partial charge on any atom is -0.394 e. The number of hydrogen-bond donors (Lipinski definition) is 2. The minimum absolute atomic E-state index is 0.0554. The van der Waals surface area contributed by atoms with E-state index in [0.29, 0.717) is 0 Å². The molecule has 1 atom stereocenters. The smallest absolute Gasteiger partial charge is 0.0636 e. The molecule has 0 spiro atoms. The molecule has 0 aliphatic carbocycles. The van der Waals surface area contributed by atoms with E-state index in [1.54, 1.807) is 0 Å². The van der Waals surface area contributed by atoms with E-state index >= 15 is 0 Å². The van der Waals surface area contributed by atoms with E-state index in [1.165, 1.54) is 5.56 Å². The van der Waals surface area contributed by atoms with Crippen molar-refractivity contribution in [2.24, 2.45) is 0 Å². The first kappa shape index (κ1) is 11.7. The highest BCUT2D eigenvalue weighted by molar-refractivity contribution is 5.43. The van der Waals surface area contributed by atoms with Gasteiger partial charge in [0.15, 0.2) is 0 Å². The third kappa shape index (κ3) is 3.61. The Bertz CT molecular complexity index is 386. The fraction of sp³-hybridized carbons (Fsp3) is 0.200. The van der Waals surface area contributed by atoms with Gasteiger partial charge in [0.2, 0.25) is 0 Å². The predicted molar refractivity (Wildman–Crippen MR) is 71.1 cm³/mol. The number of anilines is 1. The Balaban J connectivity index is 1.98. The first-order valence-corrected chi connectivity index (χ1v) is 5.85. The molecule has 0 aromatic heterocycles. The molecule has 0 radical (unpaired) electrons. The molecule has 0 heterocycles. The van der Waals surface area contributed by atoms with Crippen molar-refractivity contribution in [1.82, 2.24) is 0 Å². The minimum atomic E-state index is 0.0554. The van der Waals surface area contributed by atoms with Crippen molar-refractivity contribution in [2.45, 2.75) is 12.5 Å². The summed E-state index contributed by atoms with van der Waals surface area (Å²) < 4.78 is 0. The van der Waals surface area contributed by atoms with Crippen LogP contribution in [0, 0.1) is 0 Å². The summed E-state index contributed by atoms with van der Waals surface area (Å²) in [5.74, 6) is 0. The van der Waals surface area contributed by atoms with Crippen LogP contribution in [0.25, 0.3) is 0 Å². The highest BCUT2D eigenvalue weighted by atomic mass is 16.3. The average molecular weight is 227 g/mol. The summed E-state index contributed by atoms with van der Waals surface area (Å²) in [5, 5.41) is 12.7. The maximum Gasteiger partial charge on any atom is 0.0636 e. The lowest BCUT2D eigenvalue weighted by Gasteiger charge is -2.17. The first-order valence-electron chi connectivity index (χ1n) is 5.85. The molecule has 88 valence electrons. The lowest BCUT2D eigenvalue weighted by Crippen LogP contribution is -2.26.